The van der Waals surface area contributed by atoms with E-state index in [1.807, 2.05) is 0 Å². The Morgan fingerprint density at radius 2 is 1.90 bits per heavy atom. The molecule has 0 unspecified atom stereocenters. The number of halogens is 2. The molecular formula is C20H15ClFN3O4S2. The molecular weight excluding hydrogens is 465 g/mol. The number of aromatic nitrogens is 2. The zero-order valence-electron chi connectivity index (χ0n) is 16.2. The maximum absolute atomic E-state index is 13.3. The van der Waals surface area contributed by atoms with Crippen molar-refractivity contribution in [2.75, 3.05) is 18.5 Å². The second-order valence-corrected chi connectivity index (χ2v) is 9.60. The number of hydrogen-bond acceptors (Lipinski definition) is 7. The van der Waals surface area contributed by atoms with Gasteiger partial charge in [0.15, 0.2) is 0 Å². The van der Waals surface area contributed by atoms with Gasteiger partial charge in [0, 0.05) is 12.6 Å². The van der Waals surface area contributed by atoms with Gasteiger partial charge in [-0.05, 0) is 53.9 Å². The summed E-state index contributed by atoms with van der Waals surface area (Å²) in [5, 5.41) is 5.80. The average molecular weight is 480 g/mol. The number of thiophene rings is 1. The highest BCUT2D eigenvalue weighted by molar-refractivity contribution is 7.93. The zero-order chi connectivity index (χ0) is 22.2. The Morgan fingerprint density at radius 3 is 2.58 bits per heavy atom. The highest BCUT2D eigenvalue weighted by Crippen LogP contribution is 2.37. The molecule has 0 bridgehead atoms. The van der Waals surface area contributed by atoms with Gasteiger partial charge >= 0.3 is 0 Å². The van der Waals surface area contributed by atoms with E-state index in [9.17, 15) is 12.8 Å². The first-order valence-corrected chi connectivity index (χ1v) is 11.5. The number of rotatable bonds is 6. The van der Waals surface area contributed by atoms with Crippen molar-refractivity contribution in [3.63, 3.8) is 0 Å². The molecule has 2 aromatic heterocycles. The van der Waals surface area contributed by atoms with E-state index in [0.717, 1.165) is 15.6 Å². The SMILES string of the molecule is COc1ccc(N(C)S(=O)(=O)c2ccsc2-c2nc(-c3ccc(F)cc3)no2)cc1Cl. The fourth-order valence-electron chi connectivity index (χ4n) is 2.83. The van der Waals surface area contributed by atoms with E-state index in [1.54, 1.807) is 17.5 Å². The lowest BCUT2D eigenvalue weighted by molar-refractivity contribution is 0.415. The summed E-state index contributed by atoms with van der Waals surface area (Å²) in [5.74, 6) is 0.323. The van der Waals surface area contributed by atoms with Crippen LogP contribution in [0, 0.1) is 5.82 Å². The van der Waals surface area contributed by atoms with Gasteiger partial charge in [0.1, 0.15) is 21.3 Å². The van der Waals surface area contributed by atoms with E-state index < -0.39 is 10.0 Å². The van der Waals surface area contributed by atoms with E-state index in [1.165, 1.54) is 50.6 Å². The summed E-state index contributed by atoms with van der Waals surface area (Å²) in [6.45, 7) is 0. The van der Waals surface area contributed by atoms with Gasteiger partial charge in [0.05, 0.1) is 17.8 Å². The topological polar surface area (TPSA) is 85.5 Å². The standard InChI is InChI=1S/C20H15ClFN3O4S2/c1-25(14-7-8-16(28-2)15(21)11-14)31(26,27)17-9-10-30-18(17)20-23-19(24-29-20)12-3-5-13(22)6-4-12/h3-11H,1-2H3. The number of methoxy groups -OCH3 is 1. The first-order chi connectivity index (χ1) is 14.8. The smallest absolute Gasteiger partial charge is 0.269 e. The molecule has 2 aromatic carbocycles. The molecule has 0 atom stereocenters. The van der Waals surface area contributed by atoms with Crippen LogP contribution in [0.1, 0.15) is 0 Å². The molecule has 11 heteroatoms. The number of hydrogen-bond donors (Lipinski definition) is 0. The van der Waals surface area contributed by atoms with Crippen molar-refractivity contribution in [2.24, 2.45) is 0 Å². The van der Waals surface area contributed by atoms with Gasteiger partial charge < -0.3 is 9.26 Å². The molecule has 0 aliphatic heterocycles. The molecule has 2 heterocycles. The third kappa shape index (κ3) is 4.01. The van der Waals surface area contributed by atoms with E-state index >= 15 is 0 Å². The molecule has 31 heavy (non-hydrogen) atoms. The monoisotopic (exact) mass is 479 g/mol. The van der Waals surface area contributed by atoms with Crippen molar-refractivity contribution in [1.82, 2.24) is 10.1 Å². The van der Waals surface area contributed by atoms with Crippen LogP contribution < -0.4 is 9.04 Å². The maximum Gasteiger partial charge on any atom is 0.269 e. The fourth-order valence-corrected chi connectivity index (χ4v) is 5.58. The van der Waals surface area contributed by atoms with Gasteiger partial charge in [0.25, 0.3) is 15.9 Å². The minimum absolute atomic E-state index is 0.0150. The lowest BCUT2D eigenvalue weighted by Gasteiger charge is -2.20. The minimum Gasteiger partial charge on any atom is -0.495 e. The van der Waals surface area contributed by atoms with E-state index in [4.69, 9.17) is 20.9 Å². The summed E-state index contributed by atoms with van der Waals surface area (Å²) < 4.78 is 51.3. The molecule has 0 amide bonds. The highest BCUT2D eigenvalue weighted by Gasteiger charge is 2.29. The molecule has 0 saturated heterocycles. The normalized spacial score (nSPS) is 11.5. The van der Waals surface area contributed by atoms with Crippen LogP contribution in [0.5, 0.6) is 5.75 Å². The molecule has 160 valence electrons. The van der Waals surface area contributed by atoms with Crippen molar-refractivity contribution >= 4 is 38.6 Å². The lowest BCUT2D eigenvalue weighted by Crippen LogP contribution is -2.26. The maximum atomic E-state index is 13.3. The Balaban J connectivity index is 1.69. The second kappa shape index (κ2) is 8.29. The molecule has 0 radical (unpaired) electrons. The van der Waals surface area contributed by atoms with Crippen LogP contribution in [0.4, 0.5) is 10.1 Å². The molecule has 4 rings (SSSR count). The third-order valence-electron chi connectivity index (χ3n) is 4.49. The molecule has 0 spiro atoms. The van der Waals surface area contributed by atoms with Crippen molar-refractivity contribution < 1.29 is 22.1 Å². The molecule has 0 fully saturated rings. The Bertz CT molecular complexity index is 1340. The predicted octanol–water partition coefficient (Wildman–Crippen LogP) is 5.09. The summed E-state index contributed by atoms with van der Waals surface area (Å²) in [5.41, 5.74) is 0.905. The first kappa shape index (κ1) is 21.3. The molecule has 0 aliphatic carbocycles. The van der Waals surface area contributed by atoms with Crippen molar-refractivity contribution in [2.45, 2.75) is 4.90 Å². The van der Waals surface area contributed by atoms with Gasteiger partial charge in [-0.3, -0.25) is 4.31 Å². The highest BCUT2D eigenvalue weighted by atomic mass is 35.5. The molecule has 7 nitrogen and oxygen atoms in total. The zero-order valence-corrected chi connectivity index (χ0v) is 18.6. The van der Waals surface area contributed by atoms with Crippen molar-refractivity contribution in [3.8, 4) is 27.9 Å². The molecule has 0 saturated carbocycles. The van der Waals surface area contributed by atoms with Crippen LogP contribution >= 0.6 is 22.9 Å². The minimum atomic E-state index is -3.96. The Labute approximate surface area is 186 Å². The van der Waals surface area contributed by atoms with E-state index in [2.05, 4.69) is 10.1 Å². The van der Waals surface area contributed by atoms with Crippen LogP contribution in [-0.4, -0.2) is 32.7 Å². The van der Waals surface area contributed by atoms with Gasteiger partial charge in [-0.2, -0.15) is 4.98 Å². The quantitative estimate of drug-likeness (QED) is 0.383. The number of benzene rings is 2. The summed E-state index contributed by atoms with van der Waals surface area (Å²) in [7, 11) is -1.06. The number of nitrogens with zero attached hydrogens (tertiary/aromatic N) is 3. The number of sulfonamides is 1. The van der Waals surface area contributed by atoms with Crippen LogP contribution in [0.2, 0.25) is 5.02 Å². The van der Waals surface area contributed by atoms with Gasteiger partial charge in [-0.25, -0.2) is 12.8 Å². The van der Waals surface area contributed by atoms with Crippen molar-refractivity contribution in [3.05, 3.63) is 64.8 Å². The predicted molar refractivity (Wildman–Crippen MR) is 117 cm³/mol. The van der Waals surface area contributed by atoms with Crippen LogP contribution in [0.3, 0.4) is 0 Å². The first-order valence-electron chi connectivity index (χ1n) is 8.81. The molecule has 0 N–H and O–H groups in total. The Hall–Kier alpha value is -2.95. The van der Waals surface area contributed by atoms with Crippen LogP contribution in [-0.2, 0) is 10.0 Å². The van der Waals surface area contributed by atoms with Crippen LogP contribution in [0.25, 0.3) is 22.2 Å². The van der Waals surface area contributed by atoms with E-state index in [-0.39, 0.29) is 27.5 Å². The van der Waals surface area contributed by atoms with Crippen LogP contribution in [0.15, 0.2) is 63.3 Å². The molecule has 0 aliphatic rings. The summed E-state index contributed by atoms with van der Waals surface area (Å²) in [4.78, 5) is 4.60. The van der Waals surface area contributed by atoms with Gasteiger partial charge in [0.2, 0.25) is 5.82 Å². The lowest BCUT2D eigenvalue weighted by atomic mass is 10.2. The third-order valence-corrected chi connectivity index (χ3v) is 7.64. The summed E-state index contributed by atoms with van der Waals surface area (Å²) in [6.07, 6.45) is 0. The Morgan fingerprint density at radius 1 is 1.16 bits per heavy atom. The molecule has 4 aromatic rings. The fraction of sp³-hybridized carbons (Fsp3) is 0.100. The summed E-state index contributed by atoms with van der Waals surface area (Å²) >= 11 is 7.30. The van der Waals surface area contributed by atoms with Gasteiger partial charge in [-0.1, -0.05) is 16.8 Å². The number of ether oxygens (including phenoxy) is 1. The van der Waals surface area contributed by atoms with E-state index in [0.29, 0.717) is 21.9 Å². The van der Waals surface area contributed by atoms with Gasteiger partial charge in [-0.15, -0.1) is 11.3 Å². The average Bonchev–Trinajstić information content (AvgIpc) is 3.43. The second-order valence-electron chi connectivity index (χ2n) is 6.34. The summed E-state index contributed by atoms with van der Waals surface area (Å²) in [6, 6.07) is 11.7. The van der Waals surface area contributed by atoms with Crippen molar-refractivity contribution in [1.29, 1.82) is 0 Å². The Kier molecular flexibility index (Phi) is 5.69. The largest absolute Gasteiger partial charge is 0.495 e. The number of anilines is 1.